The minimum atomic E-state index is -0.545. The number of nitrogens with two attached hydrogens (primary N) is 1. The number of benzene rings is 3. The average Bonchev–Trinajstić information content (AvgIpc) is 3.44. The van der Waals surface area contributed by atoms with E-state index in [1.165, 1.54) is 19.3 Å². The number of hydrogen-bond donors (Lipinski definition) is 1. The van der Waals surface area contributed by atoms with E-state index in [1.54, 1.807) is 19.2 Å². The predicted molar refractivity (Wildman–Crippen MR) is 177 cm³/mol. The summed E-state index contributed by atoms with van der Waals surface area (Å²) in [6.45, 7) is 6.06. The summed E-state index contributed by atoms with van der Waals surface area (Å²) in [7, 11) is 1.66. The Morgan fingerprint density at radius 2 is 1.80 bits per heavy atom. The van der Waals surface area contributed by atoms with Crippen LogP contribution in [0.2, 0.25) is 5.02 Å². The van der Waals surface area contributed by atoms with E-state index in [0.717, 1.165) is 63.9 Å². The number of rotatable bonds is 7. The van der Waals surface area contributed by atoms with Crippen molar-refractivity contribution in [1.29, 1.82) is 0 Å². The zero-order valence-corrected chi connectivity index (χ0v) is 26.5. The molecule has 3 atom stereocenters. The number of carbonyl (C=O) groups is 2. The van der Waals surface area contributed by atoms with E-state index >= 15 is 0 Å². The lowest BCUT2D eigenvalue weighted by molar-refractivity contribution is 0.0695. The van der Waals surface area contributed by atoms with Crippen LogP contribution in [0.1, 0.15) is 58.9 Å². The first kappa shape index (κ1) is 28.3. The van der Waals surface area contributed by atoms with Gasteiger partial charge in [-0.25, -0.2) is 0 Å². The standard InChI is InChI=1S/C37H36ClN3O4/c1-19-25-9-11-29(19)41(18-25)37(43)26-15-32(44-3)34-20(2)35(45-33(34)16-26)31-14-24-7-6-23(13-30(24)40(31)17-21-4-5-21)22-8-10-27(36(39)42)28(38)12-22/h6-8,10,12-16,19,21,25,29H,4-5,9,11,17-18H2,1-3H3,(H2,39,42)/t19-,25?,29?/m1/s1. The second-order valence-electron chi connectivity index (χ2n) is 13.2. The SMILES string of the molecule is COc1cc(C(=O)N2CC3CCC2[C@@H]3C)cc2oc(-c3cc4ccc(-c5ccc(C(N)=O)c(Cl)c5)cc4n3CC3CC3)c(C)c12. The molecule has 5 aromatic rings. The molecule has 2 N–H and O–H groups in total. The lowest BCUT2D eigenvalue weighted by atomic mass is 10.0. The second-order valence-corrected chi connectivity index (χ2v) is 13.7. The first-order valence-electron chi connectivity index (χ1n) is 15.9. The molecular formula is C37H36ClN3O4. The lowest BCUT2D eigenvalue weighted by Crippen LogP contribution is -2.38. The Kier molecular flexibility index (Phi) is 6.54. The van der Waals surface area contributed by atoms with Crippen molar-refractivity contribution in [3.8, 4) is 28.3 Å². The monoisotopic (exact) mass is 621 g/mol. The van der Waals surface area contributed by atoms with Gasteiger partial charge in [0, 0.05) is 41.2 Å². The Hall–Kier alpha value is -4.23. The highest BCUT2D eigenvalue weighted by Crippen LogP contribution is 2.45. The number of hydrogen-bond acceptors (Lipinski definition) is 4. The number of fused-ring (bicyclic) bond motifs is 4. The molecule has 0 radical (unpaired) electrons. The molecule has 0 spiro atoms. The smallest absolute Gasteiger partial charge is 0.254 e. The molecule has 230 valence electrons. The number of likely N-dealkylation sites (tertiary alicyclic amines) is 1. The molecule has 3 aliphatic rings. The van der Waals surface area contributed by atoms with Crippen molar-refractivity contribution in [2.24, 2.45) is 23.5 Å². The first-order chi connectivity index (χ1) is 21.7. The van der Waals surface area contributed by atoms with Crippen LogP contribution in [0.15, 0.2) is 59.0 Å². The third-order valence-corrected chi connectivity index (χ3v) is 10.9. The summed E-state index contributed by atoms with van der Waals surface area (Å²) in [6, 6.07) is 18.0. The number of carbonyl (C=O) groups excluding carboxylic acids is 2. The number of furan rings is 1. The molecule has 3 aromatic carbocycles. The minimum absolute atomic E-state index is 0.0594. The van der Waals surface area contributed by atoms with Crippen LogP contribution in [-0.2, 0) is 6.54 Å². The highest BCUT2D eigenvalue weighted by atomic mass is 35.5. The summed E-state index contributed by atoms with van der Waals surface area (Å²) in [5.74, 6) is 2.73. The Labute approximate surface area is 266 Å². The molecule has 7 nitrogen and oxygen atoms in total. The van der Waals surface area contributed by atoms with Gasteiger partial charge in [-0.15, -0.1) is 0 Å². The number of nitrogens with zero attached hydrogens (tertiary/aromatic N) is 2. The van der Waals surface area contributed by atoms with Crippen molar-refractivity contribution in [1.82, 2.24) is 9.47 Å². The van der Waals surface area contributed by atoms with Crippen molar-refractivity contribution in [3.05, 3.63) is 76.3 Å². The van der Waals surface area contributed by atoms with Crippen LogP contribution in [0.5, 0.6) is 5.75 Å². The van der Waals surface area contributed by atoms with E-state index in [2.05, 4.69) is 47.6 Å². The van der Waals surface area contributed by atoms with Crippen molar-refractivity contribution < 1.29 is 18.7 Å². The molecule has 2 bridgehead atoms. The zero-order chi connectivity index (χ0) is 31.1. The zero-order valence-electron chi connectivity index (χ0n) is 25.7. The van der Waals surface area contributed by atoms with Gasteiger partial charge in [0.2, 0.25) is 5.91 Å². The molecule has 2 amide bonds. The summed E-state index contributed by atoms with van der Waals surface area (Å²) in [4.78, 5) is 27.6. The third-order valence-electron chi connectivity index (χ3n) is 10.6. The van der Waals surface area contributed by atoms with Gasteiger partial charge < -0.3 is 24.4 Å². The molecule has 2 saturated carbocycles. The van der Waals surface area contributed by atoms with Gasteiger partial charge in [-0.05, 0) is 97.9 Å². The van der Waals surface area contributed by atoms with Gasteiger partial charge in [0.1, 0.15) is 11.3 Å². The summed E-state index contributed by atoms with van der Waals surface area (Å²) in [5.41, 5.74) is 12.1. The molecule has 45 heavy (non-hydrogen) atoms. The van der Waals surface area contributed by atoms with Gasteiger partial charge in [-0.1, -0.05) is 36.7 Å². The molecular weight excluding hydrogens is 586 g/mol. The number of primary amides is 1. The van der Waals surface area contributed by atoms with Crippen LogP contribution in [0.25, 0.3) is 44.5 Å². The normalized spacial score (nSPS) is 20.9. The average molecular weight is 622 g/mol. The maximum absolute atomic E-state index is 13.8. The number of aryl methyl sites for hydroxylation is 1. The quantitative estimate of drug-likeness (QED) is 0.199. The highest BCUT2D eigenvalue weighted by Gasteiger charge is 2.46. The number of amides is 2. The molecule has 8 rings (SSSR count). The molecule has 1 saturated heterocycles. The van der Waals surface area contributed by atoms with Gasteiger partial charge in [0.05, 0.1) is 28.8 Å². The Bertz CT molecular complexity index is 2040. The van der Waals surface area contributed by atoms with Crippen molar-refractivity contribution in [2.45, 2.75) is 52.1 Å². The number of aromatic nitrogens is 1. The van der Waals surface area contributed by atoms with Gasteiger partial charge >= 0.3 is 0 Å². The molecule has 8 heteroatoms. The van der Waals surface area contributed by atoms with Gasteiger partial charge in [0.25, 0.3) is 5.91 Å². The van der Waals surface area contributed by atoms with Gasteiger partial charge in [0.15, 0.2) is 5.76 Å². The Morgan fingerprint density at radius 1 is 1.02 bits per heavy atom. The Balaban J connectivity index is 1.23. The van der Waals surface area contributed by atoms with Crippen LogP contribution in [-0.4, -0.2) is 41.0 Å². The summed E-state index contributed by atoms with van der Waals surface area (Å²) in [6.07, 6.45) is 4.71. The van der Waals surface area contributed by atoms with Crippen LogP contribution in [0.3, 0.4) is 0 Å². The van der Waals surface area contributed by atoms with Crippen LogP contribution >= 0.6 is 11.6 Å². The number of methoxy groups -OCH3 is 1. The lowest BCUT2D eigenvalue weighted by Gasteiger charge is -2.27. The van der Waals surface area contributed by atoms with E-state index in [-0.39, 0.29) is 5.91 Å². The fraction of sp³-hybridized carbons (Fsp3) is 0.351. The van der Waals surface area contributed by atoms with E-state index in [1.807, 2.05) is 18.2 Å². The largest absolute Gasteiger partial charge is 0.496 e. The number of ether oxygens (including phenoxy) is 1. The maximum Gasteiger partial charge on any atom is 0.254 e. The van der Waals surface area contributed by atoms with E-state index in [0.29, 0.717) is 51.3 Å². The molecule has 3 fully saturated rings. The summed E-state index contributed by atoms with van der Waals surface area (Å²) < 4.78 is 14.9. The molecule has 1 aliphatic heterocycles. The minimum Gasteiger partial charge on any atom is -0.496 e. The second kappa shape index (κ2) is 10.4. The molecule has 3 heterocycles. The first-order valence-corrected chi connectivity index (χ1v) is 16.2. The van der Waals surface area contributed by atoms with Crippen LogP contribution in [0, 0.1) is 24.7 Å². The van der Waals surface area contributed by atoms with Gasteiger partial charge in [-0.2, -0.15) is 0 Å². The summed E-state index contributed by atoms with van der Waals surface area (Å²) in [5, 5.41) is 2.34. The Morgan fingerprint density at radius 3 is 2.47 bits per heavy atom. The van der Waals surface area contributed by atoms with E-state index < -0.39 is 5.91 Å². The maximum atomic E-state index is 13.8. The van der Waals surface area contributed by atoms with Crippen molar-refractivity contribution in [2.75, 3.05) is 13.7 Å². The summed E-state index contributed by atoms with van der Waals surface area (Å²) >= 11 is 6.40. The van der Waals surface area contributed by atoms with Crippen molar-refractivity contribution >= 4 is 45.3 Å². The predicted octanol–water partition coefficient (Wildman–Crippen LogP) is 8.07. The number of halogens is 1. The molecule has 2 aliphatic carbocycles. The van der Waals surface area contributed by atoms with E-state index in [4.69, 9.17) is 26.5 Å². The van der Waals surface area contributed by atoms with Crippen LogP contribution < -0.4 is 10.5 Å². The fourth-order valence-electron chi connectivity index (χ4n) is 7.85. The fourth-order valence-corrected chi connectivity index (χ4v) is 8.12. The highest BCUT2D eigenvalue weighted by molar-refractivity contribution is 6.34. The molecule has 2 unspecified atom stereocenters. The molecule has 2 aromatic heterocycles. The topological polar surface area (TPSA) is 90.7 Å². The third kappa shape index (κ3) is 4.54. The van der Waals surface area contributed by atoms with Crippen molar-refractivity contribution in [3.63, 3.8) is 0 Å². The van der Waals surface area contributed by atoms with E-state index in [9.17, 15) is 9.59 Å². The van der Waals surface area contributed by atoms with Crippen LogP contribution in [0.4, 0.5) is 0 Å². The van der Waals surface area contributed by atoms with Gasteiger partial charge in [-0.3, -0.25) is 9.59 Å². The number of piperidine rings is 1.